The van der Waals surface area contributed by atoms with E-state index in [4.69, 9.17) is 15.9 Å². The minimum Gasteiger partial charge on any atom is -0.477 e. The Bertz CT molecular complexity index is 1040. The van der Waals surface area contributed by atoms with E-state index < -0.39 is 58.8 Å². The second-order valence-electron chi connectivity index (χ2n) is 6.35. The van der Waals surface area contributed by atoms with Crippen LogP contribution in [0.3, 0.4) is 0 Å². The maximum absolute atomic E-state index is 12.7. The Hall–Kier alpha value is -4.01. The number of carboxylic acids is 1. The van der Waals surface area contributed by atoms with Crippen molar-refractivity contribution in [1.29, 1.82) is 0 Å². The van der Waals surface area contributed by atoms with Crippen LogP contribution >= 0.6 is 11.8 Å². The molecule has 32 heavy (non-hydrogen) atoms. The summed E-state index contributed by atoms with van der Waals surface area (Å²) in [5.41, 5.74) is 9.26. The molecule has 1 aromatic rings. The number of amides is 4. The molecule has 0 aliphatic carbocycles. The fourth-order valence-corrected chi connectivity index (χ4v) is 4.59. The minimum absolute atomic E-state index is 0.0660. The number of primary amides is 2. The molecule has 0 saturated carbocycles. The van der Waals surface area contributed by atoms with Crippen LogP contribution in [0.2, 0.25) is 0 Å². The third-order valence-corrected chi connectivity index (χ3v) is 6.00. The predicted octanol–water partition coefficient (Wildman–Crippen LogP) is -1.68. The number of fused-ring (bicyclic) bond motifs is 1. The summed E-state index contributed by atoms with van der Waals surface area (Å²) in [5.74, 6) is -4.03. The number of furan rings is 1. The Balaban J connectivity index is 1.89. The summed E-state index contributed by atoms with van der Waals surface area (Å²) < 4.78 is 9.75. The zero-order valence-electron chi connectivity index (χ0n) is 16.3. The number of carbonyl (C=O) groups excluding carboxylic acids is 4. The highest BCUT2D eigenvalue weighted by molar-refractivity contribution is 8.01. The summed E-state index contributed by atoms with van der Waals surface area (Å²) in [4.78, 5) is 65.7. The number of β-lactam (4-membered cyclic amide) rings is 1. The van der Waals surface area contributed by atoms with Crippen LogP contribution in [0.5, 0.6) is 0 Å². The molecule has 0 radical (unpaired) electrons. The van der Waals surface area contributed by atoms with E-state index in [-0.39, 0.29) is 17.0 Å². The zero-order valence-corrected chi connectivity index (χ0v) is 17.2. The van der Waals surface area contributed by atoms with Gasteiger partial charge in [0.2, 0.25) is 11.6 Å². The Kier molecular flexibility index (Phi) is 6.38. The molecule has 0 spiro atoms. The maximum atomic E-state index is 12.7. The van der Waals surface area contributed by atoms with Gasteiger partial charge in [-0.3, -0.25) is 19.3 Å². The lowest BCUT2D eigenvalue weighted by Gasteiger charge is -2.50. The van der Waals surface area contributed by atoms with Gasteiger partial charge in [-0.15, -0.1) is 11.8 Å². The van der Waals surface area contributed by atoms with Crippen molar-refractivity contribution in [3.05, 3.63) is 35.4 Å². The highest BCUT2D eigenvalue weighted by atomic mass is 32.2. The van der Waals surface area contributed by atoms with E-state index >= 15 is 0 Å². The van der Waals surface area contributed by atoms with E-state index in [1.165, 1.54) is 25.5 Å². The monoisotopic (exact) mass is 467 g/mol. The fourth-order valence-electron chi connectivity index (χ4n) is 3.16. The molecule has 1 saturated heterocycles. The number of hydrogen-bond donors (Lipinski definition) is 4. The predicted molar refractivity (Wildman–Crippen MR) is 106 cm³/mol. The van der Waals surface area contributed by atoms with E-state index in [2.05, 4.69) is 20.0 Å². The van der Waals surface area contributed by atoms with Crippen molar-refractivity contribution in [3.63, 3.8) is 0 Å². The number of carboxylic acid groups (broad SMARTS) is 1. The van der Waals surface area contributed by atoms with Crippen molar-refractivity contribution in [2.24, 2.45) is 16.6 Å². The zero-order chi connectivity index (χ0) is 23.6. The van der Waals surface area contributed by atoms with E-state index in [9.17, 15) is 29.1 Å². The van der Waals surface area contributed by atoms with Crippen molar-refractivity contribution in [2.45, 2.75) is 16.7 Å². The highest BCUT2D eigenvalue weighted by Gasteiger charge is 2.57. The molecule has 2 aliphatic heterocycles. The summed E-state index contributed by atoms with van der Waals surface area (Å²) in [6.07, 6.45) is 0.0958. The van der Waals surface area contributed by atoms with Crippen molar-refractivity contribution in [1.82, 2.24) is 10.2 Å². The van der Waals surface area contributed by atoms with Crippen LogP contribution < -0.4 is 16.8 Å². The summed E-state index contributed by atoms with van der Waals surface area (Å²) >= 11 is 0.815. The standard InChI is InChI=1S/C17H17N5O9S/c1-29-21-8(7-3-2-4-30-7)13(24)20-9-14(25)22-10(16(26)27)6(5-31-17(19)28)11(12(18)23)32-15(9)22/h2-4,9,11,15H,5H2,1H3,(H2,18,23)(H2,19,28)(H,20,24)(H,26,27)/b21-8+/t9-,11?,15-/m1/s1. The molecule has 170 valence electrons. The number of ether oxygens (including phenoxy) is 1. The first kappa shape index (κ1) is 22.7. The molecule has 1 fully saturated rings. The third-order valence-electron chi connectivity index (χ3n) is 4.45. The van der Waals surface area contributed by atoms with E-state index in [0.717, 1.165) is 16.7 Å². The van der Waals surface area contributed by atoms with E-state index in [1.807, 2.05) is 0 Å². The van der Waals surface area contributed by atoms with Gasteiger partial charge in [0.1, 0.15) is 36.1 Å². The summed E-state index contributed by atoms with van der Waals surface area (Å²) in [6.45, 7) is -0.658. The molecule has 0 bridgehead atoms. The number of nitrogens with one attached hydrogen (secondary N) is 1. The molecule has 2 aliphatic rings. The van der Waals surface area contributed by atoms with Crippen LogP contribution in [0.4, 0.5) is 4.79 Å². The van der Waals surface area contributed by atoms with Crippen molar-refractivity contribution in [2.75, 3.05) is 13.7 Å². The smallest absolute Gasteiger partial charge is 0.404 e. The highest BCUT2D eigenvalue weighted by Crippen LogP contribution is 2.44. The van der Waals surface area contributed by atoms with Gasteiger partial charge in [0.05, 0.1) is 6.26 Å². The lowest BCUT2D eigenvalue weighted by Crippen LogP contribution is -2.72. The summed E-state index contributed by atoms with van der Waals surface area (Å²) in [7, 11) is 1.21. The first-order valence-corrected chi connectivity index (χ1v) is 9.74. The van der Waals surface area contributed by atoms with Crippen LogP contribution in [0, 0.1) is 0 Å². The van der Waals surface area contributed by atoms with Crippen molar-refractivity contribution >= 4 is 47.3 Å². The number of nitrogens with two attached hydrogens (primary N) is 2. The molecule has 3 atom stereocenters. The topological polar surface area (TPSA) is 217 Å². The largest absolute Gasteiger partial charge is 0.477 e. The quantitative estimate of drug-likeness (QED) is 0.193. The average molecular weight is 467 g/mol. The second kappa shape index (κ2) is 9.01. The third kappa shape index (κ3) is 4.09. The van der Waals surface area contributed by atoms with Crippen LogP contribution in [0.15, 0.2) is 39.2 Å². The van der Waals surface area contributed by atoms with Crippen LogP contribution in [-0.4, -0.2) is 75.9 Å². The molecule has 14 nitrogen and oxygen atoms in total. The first-order chi connectivity index (χ1) is 15.2. The van der Waals surface area contributed by atoms with Gasteiger partial charge in [-0.25, -0.2) is 9.59 Å². The number of nitrogens with zero attached hydrogens (tertiary/aromatic N) is 2. The van der Waals surface area contributed by atoms with Gasteiger partial charge < -0.3 is 35.9 Å². The molecule has 3 heterocycles. The van der Waals surface area contributed by atoms with Crippen molar-refractivity contribution < 1.29 is 43.1 Å². The number of thioether (sulfide) groups is 1. The van der Waals surface area contributed by atoms with Crippen LogP contribution in [0.25, 0.3) is 0 Å². The Morgan fingerprint density at radius 2 is 2.06 bits per heavy atom. The van der Waals surface area contributed by atoms with Gasteiger partial charge in [0.25, 0.3) is 11.8 Å². The molecule has 1 aromatic heterocycles. The average Bonchev–Trinajstić information content (AvgIpc) is 3.26. The van der Waals surface area contributed by atoms with Crippen LogP contribution in [0.1, 0.15) is 5.76 Å². The van der Waals surface area contributed by atoms with Gasteiger partial charge in [-0.05, 0) is 12.1 Å². The molecular formula is C17H17N5O9S. The van der Waals surface area contributed by atoms with Gasteiger partial charge >= 0.3 is 12.1 Å². The number of oxime groups is 1. The number of aliphatic carboxylic acids is 1. The maximum Gasteiger partial charge on any atom is 0.404 e. The first-order valence-electron chi connectivity index (χ1n) is 8.79. The van der Waals surface area contributed by atoms with E-state index in [1.54, 1.807) is 0 Å². The molecule has 15 heteroatoms. The van der Waals surface area contributed by atoms with Gasteiger partial charge in [-0.1, -0.05) is 5.16 Å². The number of carbonyl (C=O) groups is 5. The van der Waals surface area contributed by atoms with E-state index in [0.29, 0.717) is 0 Å². The Labute approximate surface area is 183 Å². The molecule has 0 aromatic carbocycles. The molecule has 3 rings (SSSR count). The number of rotatable bonds is 8. The number of hydrogen-bond acceptors (Lipinski definition) is 10. The summed E-state index contributed by atoms with van der Waals surface area (Å²) in [6, 6.07) is 1.75. The van der Waals surface area contributed by atoms with Gasteiger partial charge in [0, 0.05) is 5.57 Å². The summed E-state index contributed by atoms with van der Waals surface area (Å²) in [5, 5.41) is 13.4. The lowest BCUT2D eigenvalue weighted by molar-refractivity contribution is -0.150. The van der Waals surface area contributed by atoms with Crippen LogP contribution in [-0.2, 0) is 28.8 Å². The molecular weight excluding hydrogens is 450 g/mol. The lowest BCUT2D eigenvalue weighted by atomic mass is 10.00. The van der Waals surface area contributed by atoms with Crippen molar-refractivity contribution in [3.8, 4) is 0 Å². The molecule has 4 amide bonds. The molecule has 6 N–H and O–H groups in total. The molecule has 1 unspecified atom stereocenters. The van der Waals surface area contributed by atoms with Gasteiger partial charge in [0.15, 0.2) is 5.76 Å². The SMILES string of the molecule is CO/N=C(/C(=O)N[C@@H]1C(=O)N2C(C(=O)O)=C(COC(N)=O)C(C(N)=O)S[C@H]12)c1ccco1. The minimum atomic E-state index is -1.56. The Morgan fingerprint density at radius 1 is 1.34 bits per heavy atom. The normalized spacial score (nSPS) is 22.5. The Morgan fingerprint density at radius 3 is 2.59 bits per heavy atom. The fraction of sp³-hybridized carbons (Fsp3) is 0.294. The second-order valence-corrected chi connectivity index (χ2v) is 7.58. The van der Waals surface area contributed by atoms with Gasteiger partial charge in [-0.2, -0.15) is 0 Å².